The largest absolute Gasteiger partial charge is 0.481 e. The molecular formula is C13H18ClN3O3. The number of hydrogen-bond acceptors (Lipinski definition) is 3. The molecule has 7 heteroatoms. The highest BCUT2D eigenvalue weighted by Crippen LogP contribution is 2.30. The third-order valence-electron chi connectivity index (χ3n) is 3.66. The lowest BCUT2D eigenvalue weighted by atomic mass is 9.79. The van der Waals surface area contributed by atoms with E-state index >= 15 is 0 Å². The molecule has 1 fully saturated rings. The van der Waals surface area contributed by atoms with Gasteiger partial charge in [0, 0.05) is 12.7 Å². The summed E-state index contributed by atoms with van der Waals surface area (Å²) in [6, 6.07) is 0. The Morgan fingerprint density at radius 3 is 2.70 bits per heavy atom. The number of nitrogens with zero attached hydrogens (tertiary/aromatic N) is 2. The lowest BCUT2D eigenvalue weighted by molar-refractivity contribution is -0.148. The van der Waals surface area contributed by atoms with Gasteiger partial charge >= 0.3 is 5.97 Å². The van der Waals surface area contributed by atoms with Gasteiger partial charge in [-0.2, -0.15) is 5.10 Å². The van der Waals surface area contributed by atoms with Gasteiger partial charge in [0.05, 0.1) is 29.6 Å². The first-order valence-electron chi connectivity index (χ1n) is 6.76. The molecule has 1 aliphatic rings. The van der Waals surface area contributed by atoms with E-state index in [1.165, 1.54) is 6.20 Å². The van der Waals surface area contributed by atoms with Gasteiger partial charge in [0.15, 0.2) is 0 Å². The molecule has 0 saturated heterocycles. The van der Waals surface area contributed by atoms with Crippen molar-refractivity contribution in [2.75, 3.05) is 6.54 Å². The van der Waals surface area contributed by atoms with Crippen LogP contribution < -0.4 is 5.32 Å². The highest BCUT2D eigenvalue weighted by molar-refractivity contribution is 6.30. The maximum absolute atomic E-state index is 12.1. The van der Waals surface area contributed by atoms with Gasteiger partial charge in [-0.1, -0.05) is 24.4 Å². The molecule has 1 amide bonds. The van der Waals surface area contributed by atoms with Crippen molar-refractivity contribution < 1.29 is 14.7 Å². The van der Waals surface area contributed by atoms with Crippen molar-refractivity contribution >= 4 is 23.5 Å². The first kappa shape index (κ1) is 14.8. The van der Waals surface area contributed by atoms with Crippen LogP contribution in [0.25, 0.3) is 0 Å². The summed E-state index contributed by atoms with van der Waals surface area (Å²) in [6.45, 7) is 0.933. The molecule has 6 nitrogen and oxygen atoms in total. The summed E-state index contributed by atoms with van der Waals surface area (Å²) in [5.41, 5.74) is 0. The smallest absolute Gasteiger partial charge is 0.307 e. The molecule has 0 bridgehead atoms. The molecule has 110 valence electrons. The maximum Gasteiger partial charge on any atom is 0.307 e. The number of rotatable bonds is 5. The van der Waals surface area contributed by atoms with Crippen LogP contribution in [0.15, 0.2) is 12.4 Å². The molecule has 1 heterocycles. The van der Waals surface area contributed by atoms with Crippen LogP contribution in [0.1, 0.15) is 25.7 Å². The lowest BCUT2D eigenvalue weighted by Gasteiger charge is -2.27. The molecule has 2 rings (SSSR count). The summed E-state index contributed by atoms with van der Waals surface area (Å²) in [5, 5.41) is 16.5. The van der Waals surface area contributed by atoms with Gasteiger partial charge in [0.2, 0.25) is 5.91 Å². The Labute approximate surface area is 122 Å². The van der Waals surface area contributed by atoms with E-state index in [9.17, 15) is 9.59 Å². The van der Waals surface area contributed by atoms with E-state index in [1.54, 1.807) is 10.9 Å². The van der Waals surface area contributed by atoms with E-state index in [0.717, 1.165) is 12.8 Å². The van der Waals surface area contributed by atoms with Crippen LogP contribution in [0.5, 0.6) is 0 Å². The topological polar surface area (TPSA) is 84.2 Å². The van der Waals surface area contributed by atoms with Gasteiger partial charge < -0.3 is 10.4 Å². The minimum Gasteiger partial charge on any atom is -0.481 e. The van der Waals surface area contributed by atoms with Crippen molar-refractivity contribution in [3.63, 3.8) is 0 Å². The fraction of sp³-hybridized carbons (Fsp3) is 0.615. The SMILES string of the molecule is O=C(O)[C@H]1CCCC[C@@H]1C(=O)NCCn1cc(Cl)cn1. The van der Waals surface area contributed by atoms with E-state index in [-0.39, 0.29) is 5.91 Å². The third kappa shape index (κ3) is 3.72. The fourth-order valence-electron chi connectivity index (χ4n) is 2.63. The van der Waals surface area contributed by atoms with Crippen LogP contribution in [0, 0.1) is 11.8 Å². The Morgan fingerprint density at radius 1 is 1.40 bits per heavy atom. The second-order valence-electron chi connectivity index (χ2n) is 5.05. The Balaban J connectivity index is 1.82. The molecular weight excluding hydrogens is 282 g/mol. The summed E-state index contributed by atoms with van der Waals surface area (Å²) < 4.78 is 1.64. The number of halogens is 1. The van der Waals surface area contributed by atoms with Crippen LogP contribution in [0.2, 0.25) is 5.02 Å². The molecule has 20 heavy (non-hydrogen) atoms. The van der Waals surface area contributed by atoms with Gasteiger partial charge in [0.1, 0.15) is 0 Å². The van der Waals surface area contributed by atoms with Gasteiger partial charge in [-0.25, -0.2) is 0 Å². The predicted molar refractivity (Wildman–Crippen MR) is 73.3 cm³/mol. The summed E-state index contributed by atoms with van der Waals surface area (Å²) >= 11 is 5.74. The second kappa shape index (κ2) is 6.74. The summed E-state index contributed by atoms with van der Waals surface area (Å²) in [5.74, 6) is -2.01. The number of nitrogens with one attached hydrogen (secondary N) is 1. The third-order valence-corrected chi connectivity index (χ3v) is 3.86. The number of aromatic nitrogens is 2. The molecule has 0 aliphatic heterocycles. The zero-order chi connectivity index (χ0) is 14.5. The minimum absolute atomic E-state index is 0.171. The quantitative estimate of drug-likeness (QED) is 0.864. The zero-order valence-electron chi connectivity index (χ0n) is 11.1. The van der Waals surface area contributed by atoms with E-state index < -0.39 is 17.8 Å². The van der Waals surface area contributed by atoms with Crippen molar-refractivity contribution in [2.45, 2.75) is 32.2 Å². The summed E-state index contributed by atoms with van der Waals surface area (Å²) in [4.78, 5) is 23.2. The number of carbonyl (C=O) groups excluding carboxylic acids is 1. The van der Waals surface area contributed by atoms with Gasteiger partial charge in [-0.3, -0.25) is 14.3 Å². The minimum atomic E-state index is -0.872. The molecule has 1 aliphatic carbocycles. The number of carboxylic acid groups (broad SMARTS) is 1. The van der Waals surface area contributed by atoms with Crippen LogP contribution in [0.3, 0.4) is 0 Å². The Bertz CT molecular complexity index is 489. The molecule has 1 saturated carbocycles. The molecule has 1 aromatic heterocycles. The van der Waals surface area contributed by atoms with Crippen molar-refractivity contribution in [2.24, 2.45) is 11.8 Å². The molecule has 0 spiro atoms. The lowest BCUT2D eigenvalue weighted by Crippen LogP contribution is -2.40. The van der Waals surface area contributed by atoms with Crippen LogP contribution >= 0.6 is 11.6 Å². The summed E-state index contributed by atoms with van der Waals surface area (Å²) in [7, 11) is 0. The maximum atomic E-state index is 12.1. The molecule has 0 radical (unpaired) electrons. The molecule has 1 aromatic rings. The van der Waals surface area contributed by atoms with E-state index in [1.807, 2.05) is 0 Å². The number of aliphatic carboxylic acids is 1. The molecule has 2 N–H and O–H groups in total. The van der Waals surface area contributed by atoms with Crippen molar-refractivity contribution in [1.29, 1.82) is 0 Å². The van der Waals surface area contributed by atoms with Gasteiger partial charge in [0.25, 0.3) is 0 Å². The van der Waals surface area contributed by atoms with Crippen LogP contribution in [0.4, 0.5) is 0 Å². The number of hydrogen-bond donors (Lipinski definition) is 2. The Hall–Kier alpha value is -1.56. The monoisotopic (exact) mass is 299 g/mol. The first-order chi connectivity index (χ1) is 9.58. The Kier molecular flexibility index (Phi) is 5.00. The van der Waals surface area contributed by atoms with E-state index in [4.69, 9.17) is 16.7 Å². The predicted octanol–water partition coefficient (Wildman–Crippen LogP) is 1.54. The normalized spacial score (nSPS) is 22.4. The number of carboxylic acids is 1. The fourth-order valence-corrected chi connectivity index (χ4v) is 2.78. The number of carbonyl (C=O) groups is 2. The standard InChI is InChI=1S/C13H18ClN3O3/c14-9-7-16-17(8-9)6-5-15-12(18)10-3-1-2-4-11(10)13(19)20/h7-8,10-11H,1-6H2,(H,15,18)(H,19,20)/t10-,11-/m0/s1. The molecule has 0 unspecified atom stereocenters. The zero-order valence-corrected chi connectivity index (χ0v) is 11.8. The van der Waals surface area contributed by atoms with Crippen LogP contribution in [-0.2, 0) is 16.1 Å². The average Bonchev–Trinajstić information content (AvgIpc) is 2.84. The molecule has 0 aromatic carbocycles. The van der Waals surface area contributed by atoms with E-state index in [0.29, 0.717) is 31.0 Å². The highest BCUT2D eigenvalue weighted by atomic mass is 35.5. The van der Waals surface area contributed by atoms with Gasteiger partial charge in [-0.05, 0) is 12.8 Å². The van der Waals surface area contributed by atoms with Crippen LogP contribution in [-0.4, -0.2) is 33.3 Å². The number of amides is 1. The van der Waals surface area contributed by atoms with Crippen molar-refractivity contribution in [3.8, 4) is 0 Å². The van der Waals surface area contributed by atoms with E-state index in [2.05, 4.69) is 10.4 Å². The summed E-state index contributed by atoms with van der Waals surface area (Å²) in [6.07, 6.45) is 6.24. The first-order valence-corrected chi connectivity index (χ1v) is 7.14. The highest BCUT2D eigenvalue weighted by Gasteiger charge is 2.35. The van der Waals surface area contributed by atoms with Crippen molar-refractivity contribution in [3.05, 3.63) is 17.4 Å². The second-order valence-corrected chi connectivity index (χ2v) is 5.48. The Morgan fingerprint density at radius 2 is 2.10 bits per heavy atom. The average molecular weight is 300 g/mol. The van der Waals surface area contributed by atoms with Gasteiger partial charge in [-0.15, -0.1) is 0 Å². The molecule has 2 atom stereocenters. The van der Waals surface area contributed by atoms with Crippen molar-refractivity contribution in [1.82, 2.24) is 15.1 Å².